The van der Waals surface area contributed by atoms with Crippen molar-refractivity contribution in [1.29, 1.82) is 0 Å². The van der Waals surface area contributed by atoms with E-state index in [0.29, 0.717) is 6.10 Å². The molecule has 0 aromatic heterocycles. The highest BCUT2D eigenvalue weighted by molar-refractivity contribution is 5.10. The standard InChI is InChI=1S/C10H14O/c1-2-8-3-7(1)4-9(8)5-10-6-11-10/h1-2,7-10H,3-6H2. The Bertz CT molecular complexity index is 193. The van der Waals surface area contributed by atoms with Gasteiger partial charge in [-0.2, -0.15) is 0 Å². The summed E-state index contributed by atoms with van der Waals surface area (Å²) in [5.41, 5.74) is 0. The Morgan fingerprint density at radius 2 is 2.18 bits per heavy atom. The molecule has 2 aliphatic carbocycles. The highest BCUT2D eigenvalue weighted by Crippen LogP contribution is 2.46. The first kappa shape index (κ1) is 6.24. The molecule has 1 saturated heterocycles. The third-order valence-electron chi connectivity index (χ3n) is 3.38. The number of allylic oxidation sites excluding steroid dienone is 2. The van der Waals surface area contributed by atoms with Crippen LogP contribution in [0.2, 0.25) is 0 Å². The van der Waals surface area contributed by atoms with Crippen molar-refractivity contribution in [3.8, 4) is 0 Å². The summed E-state index contributed by atoms with van der Waals surface area (Å²) in [6, 6.07) is 0. The van der Waals surface area contributed by atoms with Gasteiger partial charge in [0.25, 0.3) is 0 Å². The summed E-state index contributed by atoms with van der Waals surface area (Å²) in [6.07, 6.45) is 9.72. The first-order chi connectivity index (χ1) is 5.42. The van der Waals surface area contributed by atoms with Gasteiger partial charge in [0.1, 0.15) is 0 Å². The number of hydrogen-bond donors (Lipinski definition) is 0. The molecule has 3 aliphatic rings. The molecule has 1 aliphatic heterocycles. The Labute approximate surface area is 67.4 Å². The fourth-order valence-electron chi connectivity index (χ4n) is 2.71. The Morgan fingerprint density at radius 1 is 1.27 bits per heavy atom. The first-order valence-electron chi connectivity index (χ1n) is 4.72. The van der Waals surface area contributed by atoms with E-state index in [4.69, 9.17) is 4.74 Å². The van der Waals surface area contributed by atoms with E-state index >= 15 is 0 Å². The van der Waals surface area contributed by atoms with Crippen LogP contribution in [0, 0.1) is 17.8 Å². The van der Waals surface area contributed by atoms with E-state index in [1.807, 2.05) is 0 Å². The van der Waals surface area contributed by atoms with E-state index in [1.165, 1.54) is 19.3 Å². The third kappa shape index (κ3) is 1.02. The second-order valence-corrected chi connectivity index (χ2v) is 4.23. The smallest absolute Gasteiger partial charge is 0.0812 e. The molecule has 11 heavy (non-hydrogen) atoms. The normalized spacial score (nSPS) is 52.0. The van der Waals surface area contributed by atoms with Crippen LogP contribution in [0.1, 0.15) is 19.3 Å². The molecule has 1 nitrogen and oxygen atoms in total. The SMILES string of the molecule is C1=CC2CC1CC2CC1CO1. The number of rotatable bonds is 2. The van der Waals surface area contributed by atoms with Crippen molar-refractivity contribution in [2.75, 3.05) is 6.61 Å². The molecule has 0 aromatic rings. The minimum atomic E-state index is 0.646. The maximum atomic E-state index is 5.25. The molecule has 2 fully saturated rings. The number of hydrogen-bond acceptors (Lipinski definition) is 1. The molecular formula is C10H14O. The molecule has 0 N–H and O–H groups in total. The lowest BCUT2D eigenvalue weighted by atomic mass is 9.89. The van der Waals surface area contributed by atoms with Crippen molar-refractivity contribution in [1.82, 2.24) is 0 Å². The van der Waals surface area contributed by atoms with Crippen LogP contribution >= 0.6 is 0 Å². The second kappa shape index (κ2) is 2.10. The lowest BCUT2D eigenvalue weighted by molar-refractivity contribution is 0.327. The molecule has 1 heteroatoms. The Hall–Kier alpha value is -0.300. The van der Waals surface area contributed by atoms with Crippen molar-refractivity contribution in [2.24, 2.45) is 17.8 Å². The van der Waals surface area contributed by atoms with Gasteiger partial charge in [-0.25, -0.2) is 0 Å². The van der Waals surface area contributed by atoms with E-state index in [2.05, 4.69) is 12.2 Å². The quantitative estimate of drug-likeness (QED) is 0.433. The zero-order valence-electron chi connectivity index (χ0n) is 6.70. The predicted molar refractivity (Wildman–Crippen MR) is 43.2 cm³/mol. The molecule has 1 heterocycles. The van der Waals surface area contributed by atoms with Gasteiger partial charge < -0.3 is 4.74 Å². The van der Waals surface area contributed by atoms with Crippen LogP contribution in [0.15, 0.2) is 12.2 Å². The fourth-order valence-corrected chi connectivity index (χ4v) is 2.71. The highest BCUT2D eigenvalue weighted by Gasteiger charge is 2.38. The molecule has 0 amide bonds. The lowest BCUT2D eigenvalue weighted by Gasteiger charge is -2.15. The van der Waals surface area contributed by atoms with Crippen molar-refractivity contribution >= 4 is 0 Å². The minimum absolute atomic E-state index is 0.646. The van der Waals surface area contributed by atoms with Crippen molar-refractivity contribution in [3.05, 3.63) is 12.2 Å². The summed E-state index contributed by atoms with van der Waals surface area (Å²) in [6.45, 7) is 1.04. The molecular weight excluding hydrogens is 136 g/mol. The van der Waals surface area contributed by atoms with Crippen LogP contribution in [0.25, 0.3) is 0 Å². The van der Waals surface area contributed by atoms with Crippen LogP contribution in [0.4, 0.5) is 0 Å². The molecule has 4 atom stereocenters. The summed E-state index contributed by atoms with van der Waals surface area (Å²) >= 11 is 0. The zero-order chi connectivity index (χ0) is 7.26. The van der Waals surface area contributed by atoms with Crippen LogP contribution in [0.5, 0.6) is 0 Å². The van der Waals surface area contributed by atoms with E-state index in [9.17, 15) is 0 Å². The van der Waals surface area contributed by atoms with Gasteiger partial charge in [0.15, 0.2) is 0 Å². The van der Waals surface area contributed by atoms with Crippen molar-refractivity contribution in [2.45, 2.75) is 25.4 Å². The van der Waals surface area contributed by atoms with Crippen LogP contribution < -0.4 is 0 Å². The maximum Gasteiger partial charge on any atom is 0.0812 e. The molecule has 60 valence electrons. The number of epoxide rings is 1. The minimum Gasteiger partial charge on any atom is -0.373 e. The summed E-state index contributed by atoms with van der Waals surface area (Å²) in [5.74, 6) is 2.82. The summed E-state index contributed by atoms with van der Waals surface area (Å²) in [7, 11) is 0. The van der Waals surface area contributed by atoms with E-state index in [-0.39, 0.29) is 0 Å². The van der Waals surface area contributed by atoms with E-state index in [0.717, 1.165) is 24.4 Å². The monoisotopic (exact) mass is 150 g/mol. The largest absolute Gasteiger partial charge is 0.373 e. The Balaban J connectivity index is 1.66. The molecule has 0 aromatic carbocycles. The van der Waals surface area contributed by atoms with E-state index in [1.54, 1.807) is 0 Å². The van der Waals surface area contributed by atoms with E-state index < -0.39 is 0 Å². The molecule has 1 saturated carbocycles. The molecule has 0 radical (unpaired) electrons. The summed E-state index contributed by atoms with van der Waals surface area (Å²) in [4.78, 5) is 0. The first-order valence-corrected chi connectivity index (χ1v) is 4.72. The van der Waals surface area contributed by atoms with Crippen molar-refractivity contribution in [3.63, 3.8) is 0 Å². The highest BCUT2D eigenvalue weighted by atomic mass is 16.6. The second-order valence-electron chi connectivity index (χ2n) is 4.23. The van der Waals surface area contributed by atoms with Gasteiger partial charge in [-0.3, -0.25) is 0 Å². The lowest BCUT2D eigenvalue weighted by Crippen LogP contribution is -2.09. The number of fused-ring (bicyclic) bond motifs is 2. The molecule has 3 rings (SSSR count). The van der Waals surface area contributed by atoms with Gasteiger partial charge in [0.05, 0.1) is 12.7 Å². The average molecular weight is 150 g/mol. The summed E-state index contributed by atoms with van der Waals surface area (Å²) < 4.78 is 5.25. The topological polar surface area (TPSA) is 12.5 Å². The van der Waals surface area contributed by atoms with Gasteiger partial charge in [-0.1, -0.05) is 12.2 Å². The van der Waals surface area contributed by atoms with Gasteiger partial charge in [-0.05, 0) is 37.0 Å². The Kier molecular flexibility index (Phi) is 1.19. The number of ether oxygens (including phenoxy) is 1. The van der Waals surface area contributed by atoms with Crippen molar-refractivity contribution < 1.29 is 4.74 Å². The third-order valence-corrected chi connectivity index (χ3v) is 3.38. The molecule has 4 unspecified atom stereocenters. The predicted octanol–water partition coefficient (Wildman–Crippen LogP) is 1.99. The molecule has 2 bridgehead atoms. The maximum absolute atomic E-state index is 5.25. The molecule has 0 spiro atoms. The van der Waals surface area contributed by atoms with Gasteiger partial charge in [0, 0.05) is 0 Å². The zero-order valence-corrected chi connectivity index (χ0v) is 6.70. The van der Waals surface area contributed by atoms with Gasteiger partial charge in [0.2, 0.25) is 0 Å². The summed E-state index contributed by atoms with van der Waals surface area (Å²) in [5, 5.41) is 0. The fraction of sp³-hybridized carbons (Fsp3) is 0.800. The van der Waals surface area contributed by atoms with Crippen LogP contribution in [-0.4, -0.2) is 12.7 Å². The Morgan fingerprint density at radius 3 is 2.73 bits per heavy atom. The van der Waals surface area contributed by atoms with Gasteiger partial charge >= 0.3 is 0 Å². The van der Waals surface area contributed by atoms with Gasteiger partial charge in [-0.15, -0.1) is 0 Å². The van der Waals surface area contributed by atoms with Crippen LogP contribution in [0.3, 0.4) is 0 Å². The van der Waals surface area contributed by atoms with Crippen LogP contribution in [-0.2, 0) is 4.74 Å². The average Bonchev–Trinajstić information content (AvgIpc) is 2.61.